The van der Waals surface area contributed by atoms with E-state index in [2.05, 4.69) is 21.2 Å². The van der Waals surface area contributed by atoms with Gasteiger partial charge in [0.25, 0.3) is 0 Å². The van der Waals surface area contributed by atoms with Crippen molar-refractivity contribution >= 4 is 27.8 Å². The summed E-state index contributed by atoms with van der Waals surface area (Å²) in [5, 5.41) is 12.1. The van der Waals surface area contributed by atoms with Crippen LogP contribution in [0.25, 0.3) is 0 Å². The Kier molecular flexibility index (Phi) is 4.13. The molecule has 1 saturated carbocycles. The minimum atomic E-state index is -1.61. The van der Waals surface area contributed by atoms with Crippen molar-refractivity contribution in [3.63, 3.8) is 0 Å². The Morgan fingerprint density at radius 3 is 2.70 bits per heavy atom. The van der Waals surface area contributed by atoms with Gasteiger partial charge in [-0.3, -0.25) is 9.59 Å². The smallest absolute Gasteiger partial charge is 0.319 e. The lowest BCUT2D eigenvalue weighted by atomic mass is 9.82. The fourth-order valence-corrected chi connectivity index (χ4v) is 2.30. The zero-order chi connectivity index (χ0) is 14.9. The SMILES string of the molecule is CC(Cc1cccc(F)c1Br)(C(=O)O)C(=O)NC1CC1. The van der Waals surface area contributed by atoms with Crippen molar-refractivity contribution < 1.29 is 19.1 Å². The Bertz CT molecular complexity index is 559. The predicted octanol–water partition coefficient (Wildman–Crippen LogP) is 2.50. The lowest BCUT2D eigenvalue weighted by Gasteiger charge is -2.24. The van der Waals surface area contributed by atoms with Crippen molar-refractivity contribution in [1.29, 1.82) is 0 Å². The quantitative estimate of drug-likeness (QED) is 0.807. The van der Waals surface area contributed by atoms with Crippen LogP contribution in [0.2, 0.25) is 0 Å². The highest BCUT2D eigenvalue weighted by Gasteiger charge is 2.43. The molecule has 0 heterocycles. The summed E-state index contributed by atoms with van der Waals surface area (Å²) in [5.41, 5.74) is -1.15. The van der Waals surface area contributed by atoms with E-state index in [4.69, 9.17) is 0 Å². The summed E-state index contributed by atoms with van der Waals surface area (Å²) < 4.78 is 13.7. The van der Waals surface area contributed by atoms with E-state index >= 15 is 0 Å². The van der Waals surface area contributed by atoms with Gasteiger partial charge >= 0.3 is 5.97 Å². The van der Waals surface area contributed by atoms with Crippen LogP contribution in [0.4, 0.5) is 4.39 Å². The summed E-state index contributed by atoms with van der Waals surface area (Å²) in [4.78, 5) is 23.7. The molecule has 0 aliphatic heterocycles. The number of aliphatic carboxylic acids is 1. The van der Waals surface area contributed by atoms with Crippen LogP contribution < -0.4 is 5.32 Å². The number of carboxylic acids is 1. The zero-order valence-electron chi connectivity index (χ0n) is 11.0. The van der Waals surface area contributed by atoms with E-state index in [1.807, 2.05) is 0 Å². The van der Waals surface area contributed by atoms with Gasteiger partial charge in [-0.05, 0) is 53.7 Å². The Morgan fingerprint density at radius 1 is 1.50 bits per heavy atom. The van der Waals surface area contributed by atoms with Crippen molar-refractivity contribution in [3.8, 4) is 0 Å². The Hall–Kier alpha value is -1.43. The molecule has 0 radical (unpaired) electrons. The number of halogens is 2. The summed E-state index contributed by atoms with van der Waals surface area (Å²) >= 11 is 3.09. The fourth-order valence-electron chi connectivity index (χ4n) is 1.89. The van der Waals surface area contributed by atoms with E-state index < -0.39 is 23.1 Å². The van der Waals surface area contributed by atoms with Crippen LogP contribution in [0.3, 0.4) is 0 Å². The van der Waals surface area contributed by atoms with E-state index in [1.54, 1.807) is 6.07 Å². The standard InChI is InChI=1S/C14H15BrFNO3/c1-14(13(19)20,12(18)17-9-5-6-9)7-8-3-2-4-10(16)11(8)15/h2-4,9H,5-7H2,1H3,(H,17,18)(H,19,20). The van der Waals surface area contributed by atoms with Crippen molar-refractivity contribution in [2.75, 3.05) is 0 Å². The van der Waals surface area contributed by atoms with Gasteiger partial charge in [-0.25, -0.2) is 4.39 Å². The van der Waals surface area contributed by atoms with E-state index in [1.165, 1.54) is 19.1 Å². The summed E-state index contributed by atoms with van der Waals surface area (Å²) in [6.07, 6.45) is 1.69. The molecule has 0 bridgehead atoms. The van der Waals surface area contributed by atoms with Crippen molar-refractivity contribution in [3.05, 3.63) is 34.1 Å². The largest absolute Gasteiger partial charge is 0.480 e. The summed E-state index contributed by atoms with van der Waals surface area (Å²) in [5.74, 6) is -2.21. The average molecular weight is 344 g/mol. The molecule has 20 heavy (non-hydrogen) atoms. The number of nitrogens with one attached hydrogen (secondary N) is 1. The van der Waals surface area contributed by atoms with Gasteiger partial charge in [0.15, 0.2) is 0 Å². The molecule has 1 fully saturated rings. The maximum Gasteiger partial charge on any atom is 0.319 e. The molecule has 4 nitrogen and oxygen atoms in total. The van der Waals surface area contributed by atoms with Gasteiger partial charge in [-0.2, -0.15) is 0 Å². The summed E-state index contributed by atoms with van der Waals surface area (Å²) in [6, 6.07) is 4.46. The van der Waals surface area contributed by atoms with Gasteiger partial charge in [0.1, 0.15) is 11.2 Å². The van der Waals surface area contributed by atoms with Crippen LogP contribution in [0.1, 0.15) is 25.3 Å². The molecule has 1 aromatic rings. The molecule has 2 N–H and O–H groups in total. The normalized spacial score (nSPS) is 17.4. The van der Waals surface area contributed by atoms with Crippen LogP contribution >= 0.6 is 15.9 Å². The third-order valence-corrected chi connectivity index (χ3v) is 4.35. The number of carboxylic acid groups (broad SMARTS) is 1. The van der Waals surface area contributed by atoms with E-state index in [0.717, 1.165) is 12.8 Å². The fraction of sp³-hybridized carbons (Fsp3) is 0.429. The second-order valence-corrected chi connectivity index (χ2v) is 6.07. The maximum atomic E-state index is 13.5. The predicted molar refractivity (Wildman–Crippen MR) is 74.7 cm³/mol. The third-order valence-electron chi connectivity index (χ3n) is 3.46. The number of carbonyl (C=O) groups excluding carboxylic acids is 1. The molecule has 0 saturated heterocycles. The van der Waals surface area contributed by atoms with Crippen molar-refractivity contribution in [2.45, 2.75) is 32.2 Å². The molecule has 6 heteroatoms. The van der Waals surface area contributed by atoms with Gasteiger partial charge in [0, 0.05) is 6.04 Å². The number of hydrogen-bond donors (Lipinski definition) is 2. The Balaban J connectivity index is 2.26. The summed E-state index contributed by atoms with van der Waals surface area (Å²) in [6.45, 7) is 1.37. The molecule has 1 unspecified atom stereocenters. The number of rotatable bonds is 5. The van der Waals surface area contributed by atoms with Crippen molar-refractivity contribution in [2.24, 2.45) is 5.41 Å². The highest BCUT2D eigenvalue weighted by molar-refractivity contribution is 9.10. The van der Waals surface area contributed by atoms with Gasteiger partial charge < -0.3 is 10.4 Å². The Labute approximate surface area is 124 Å². The topological polar surface area (TPSA) is 66.4 Å². The van der Waals surface area contributed by atoms with Crippen LogP contribution in [-0.2, 0) is 16.0 Å². The molecule has 1 atom stereocenters. The second-order valence-electron chi connectivity index (χ2n) is 5.27. The first-order valence-corrected chi connectivity index (χ1v) is 7.11. The molecular formula is C14H15BrFNO3. The van der Waals surface area contributed by atoms with E-state index in [9.17, 15) is 19.1 Å². The first-order chi connectivity index (χ1) is 9.34. The molecule has 0 aromatic heterocycles. The number of benzene rings is 1. The third kappa shape index (κ3) is 3.00. The van der Waals surface area contributed by atoms with E-state index in [-0.39, 0.29) is 16.9 Å². The molecule has 1 amide bonds. The number of amides is 1. The van der Waals surface area contributed by atoms with Crippen LogP contribution in [-0.4, -0.2) is 23.0 Å². The highest BCUT2D eigenvalue weighted by atomic mass is 79.9. The molecule has 1 aliphatic carbocycles. The van der Waals surface area contributed by atoms with Gasteiger partial charge in [0.2, 0.25) is 5.91 Å². The highest BCUT2D eigenvalue weighted by Crippen LogP contribution is 2.30. The summed E-state index contributed by atoms with van der Waals surface area (Å²) in [7, 11) is 0. The van der Waals surface area contributed by atoms with Crippen molar-refractivity contribution in [1.82, 2.24) is 5.32 Å². The molecular weight excluding hydrogens is 329 g/mol. The van der Waals surface area contributed by atoms with Gasteiger partial charge in [0.05, 0.1) is 4.47 Å². The molecule has 1 aromatic carbocycles. The van der Waals surface area contributed by atoms with Crippen LogP contribution in [0.15, 0.2) is 22.7 Å². The number of carbonyl (C=O) groups is 2. The number of hydrogen-bond acceptors (Lipinski definition) is 2. The average Bonchev–Trinajstić information content (AvgIpc) is 3.18. The monoisotopic (exact) mass is 343 g/mol. The Morgan fingerprint density at radius 2 is 2.15 bits per heavy atom. The lowest BCUT2D eigenvalue weighted by Crippen LogP contribution is -2.46. The molecule has 0 spiro atoms. The van der Waals surface area contributed by atoms with E-state index in [0.29, 0.717) is 5.56 Å². The minimum absolute atomic E-state index is 0.0702. The van der Waals surface area contributed by atoms with Gasteiger partial charge in [-0.15, -0.1) is 0 Å². The zero-order valence-corrected chi connectivity index (χ0v) is 12.5. The minimum Gasteiger partial charge on any atom is -0.480 e. The lowest BCUT2D eigenvalue weighted by molar-refractivity contribution is -0.154. The molecule has 108 valence electrons. The van der Waals surface area contributed by atoms with Crippen LogP contribution in [0.5, 0.6) is 0 Å². The second kappa shape index (κ2) is 5.52. The first-order valence-electron chi connectivity index (χ1n) is 6.32. The van der Waals surface area contributed by atoms with Gasteiger partial charge in [-0.1, -0.05) is 12.1 Å². The maximum absolute atomic E-state index is 13.5. The molecule has 1 aliphatic rings. The molecule has 2 rings (SSSR count). The van der Waals surface area contributed by atoms with Crippen LogP contribution in [0, 0.1) is 11.2 Å². The first kappa shape index (κ1) is 15.0.